The Morgan fingerprint density at radius 2 is 2.00 bits per heavy atom. The minimum atomic E-state index is 0.494. The van der Waals surface area contributed by atoms with Crippen molar-refractivity contribution >= 4 is 0 Å². The minimum Gasteiger partial charge on any atom is -0.380 e. The van der Waals surface area contributed by atoms with E-state index in [0.29, 0.717) is 12.5 Å². The lowest BCUT2D eigenvalue weighted by molar-refractivity contribution is 0.0917. The van der Waals surface area contributed by atoms with E-state index in [1.54, 1.807) is 0 Å². The van der Waals surface area contributed by atoms with Gasteiger partial charge in [0.1, 0.15) is 0 Å². The highest BCUT2D eigenvalue weighted by atomic mass is 16.5. The molecule has 0 aromatic carbocycles. The smallest absolute Gasteiger partial charge is 0.0635 e. The number of hydrogen-bond acceptors (Lipinski definition) is 3. The Kier molecular flexibility index (Phi) is 9.55. The number of nitrogens with zero attached hydrogens (tertiary/aromatic N) is 2. The molecule has 0 bridgehead atoms. The van der Waals surface area contributed by atoms with E-state index >= 15 is 0 Å². The second-order valence-electron chi connectivity index (χ2n) is 4.00. The van der Waals surface area contributed by atoms with Crippen LogP contribution in [0.2, 0.25) is 0 Å². The summed E-state index contributed by atoms with van der Waals surface area (Å²) in [5.41, 5.74) is 0. The molecule has 0 aliphatic rings. The van der Waals surface area contributed by atoms with E-state index in [0.717, 1.165) is 32.7 Å². The zero-order valence-corrected chi connectivity index (χ0v) is 10.3. The molecule has 0 aliphatic heterocycles. The van der Waals surface area contributed by atoms with Crippen LogP contribution in [0.4, 0.5) is 0 Å². The maximum Gasteiger partial charge on any atom is 0.0635 e. The van der Waals surface area contributed by atoms with Gasteiger partial charge in [0.2, 0.25) is 0 Å². The van der Waals surface area contributed by atoms with E-state index in [-0.39, 0.29) is 0 Å². The van der Waals surface area contributed by atoms with Gasteiger partial charge in [0.15, 0.2) is 0 Å². The van der Waals surface area contributed by atoms with Gasteiger partial charge in [-0.15, -0.1) is 0 Å². The van der Waals surface area contributed by atoms with Gasteiger partial charge in [0.05, 0.1) is 12.7 Å². The predicted octanol–water partition coefficient (Wildman–Crippen LogP) is 2.43. The van der Waals surface area contributed by atoms with Gasteiger partial charge in [-0.2, -0.15) is 5.26 Å². The molecule has 15 heavy (non-hydrogen) atoms. The van der Waals surface area contributed by atoms with Crippen LogP contribution in [-0.4, -0.2) is 37.2 Å². The number of rotatable bonds is 9. The van der Waals surface area contributed by atoms with Crippen LogP contribution in [0.15, 0.2) is 0 Å². The lowest BCUT2D eigenvalue weighted by atomic mass is 10.3. The average molecular weight is 212 g/mol. The Labute approximate surface area is 94.0 Å². The van der Waals surface area contributed by atoms with Crippen molar-refractivity contribution in [2.45, 2.75) is 46.1 Å². The molecule has 0 fully saturated rings. The molecule has 0 unspecified atom stereocenters. The van der Waals surface area contributed by atoms with Crippen LogP contribution < -0.4 is 0 Å². The van der Waals surface area contributed by atoms with E-state index < -0.39 is 0 Å². The Morgan fingerprint density at radius 3 is 2.53 bits per heavy atom. The third-order valence-corrected chi connectivity index (χ3v) is 2.41. The van der Waals surface area contributed by atoms with Gasteiger partial charge in [0.25, 0.3) is 0 Å². The number of unbranched alkanes of at least 4 members (excludes halogenated alkanes) is 1. The van der Waals surface area contributed by atoms with Crippen molar-refractivity contribution in [3.05, 3.63) is 0 Å². The van der Waals surface area contributed by atoms with Gasteiger partial charge < -0.3 is 4.74 Å². The molecule has 0 aliphatic carbocycles. The summed E-state index contributed by atoms with van der Waals surface area (Å²) in [6, 6.07) is 2.67. The van der Waals surface area contributed by atoms with Crippen LogP contribution in [0.25, 0.3) is 0 Å². The molecule has 3 heteroatoms. The first-order chi connectivity index (χ1) is 7.22. The van der Waals surface area contributed by atoms with Crippen molar-refractivity contribution in [2.75, 3.05) is 26.3 Å². The zero-order valence-electron chi connectivity index (χ0n) is 10.3. The standard InChI is InChI=1S/C12H24N2O/c1-4-5-10-15-11-9-14(12(2)3)8-6-7-13/h12H,4-6,8-11H2,1-3H3. The highest BCUT2D eigenvalue weighted by Gasteiger charge is 2.07. The molecule has 0 aromatic rings. The van der Waals surface area contributed by atoms with Crippen molar-refractivity contribution in [2.24, 2.45) is 0 Å². The molecule has 88 valence electrons. The summed E-state index contributed by atoms with van der Waals surface area (Å²) in [5.74, 6) is 0. The third kappa shape index (κ3) is 8.41. The van der Waals surface area contributed by atoms with Crippen LogP contribution in [0.3, 0.4) is 0 Å². The molecule has 0 N–H and O–H groups in total. The van der Waals surface area contributed by atoms with Crippen molar-refractivity contribution < 1.29 is 4.74 Å². The van der Waals surface area contributed by atoms with Crippen LogP contribution in [-0.2, 0) is 4.74 Å². The van der Waals surface area contributed by atoms with Crippen molar-refractivity contribution in [3.8, 4) is 6.07 Å². The number of nitriles is 1. The lowest BCUT2D eigenvalue weighted by Gasteiger charge is -2.25. The quantitative estimate of drug-likeness (QED) is 0.551. The summed E-state index contributed by atoms with van der Waals surface area (Å²) in [5, 5.41) is 8.53. The second kappa shape index (κ2) is 9.95. The van der Waals surface area contributed by atoms with Crippen molar-refractivity contribution in [1.29, 1.82) is 5.26 Å². The maximum atomic E-state index is 8.53. The van der Waals surface area contributed by atoms with Crippen molar-refractivity contribution in [1.82, 2.24) is 4.90 Å². The van der Waals surface area contributed by atoms with Gasteiger partial charge in [-0.25, -0.2) is 0 Å². The molecule has 0 radical (unpaired) electrons. The first-order valence-electron chi connectivity index (χ1n) is 5.91. The topological polar surface area (TPSA) is 36.3 Å². The highest BCUT2D eigenvalue weighted by Crippen LogP contribution is 1.99. The summed E-state index contributed by atoms with van der Waals surface area (Å²) >= 11 is 0. The summed E-state index contributed by atoms with van der Waals surface area (Å²) in [6.07, 6.45) is 2.93. The first-order valence-corrected chi connectivity index (χ1v) is 5.91. The number of ether oxygens (including phenoxy) is 1. The van der Waals surface area contributed by atoms with E-state index in [2.05, 4.69) is 31.7 Å². The molecule has 0 amide bonds. The fraction of sp³-hybridized carbons (Fsp3) is 0.917. The summed E-state index contributed by atoms with van der Waals surface area (Å²) in [4.78, 5) is 2.29. The van der Waals surface area contributed by atoms with Crippen LogP contribution >= 0.6 is 0 Å². The Balaban J connectivity index is 3.53. The fourth-order valence-electron chi connectivity index (χ4n) is 1.35. The molecule has 0 atom stereocenters. The van der Waals surface area contributed by atoms with E-state index in [9.17, 15) is 0 Å². The molecular formula is C12H24N2O. The lowest BCUT2D eigenvalue weighted by Crippen LogP contribution is -2.34. The minimum absolute atomic E-state index is 0.494. The van der Waals surface area contributed by atoms with Gasteiger partial charge in [-0.05, 0) is 20.3 Å². The van der Waals surface area contributed by atoms with E-state index in [1.165, 1.54) is 6.42 Å². The molecule has 0 spiro atoms. The monoisotopic (exact) mass is 212 g/mol. The normalized spacial score (nSPS) is 10.9. The molecule has 3 nitrogen and oxygen atoms in total. The van der Waals surface area contributed by atoms with Gasteiger partial charge in [-0.1, -0.05) is 13.3 Å². The Bertz CT molecular complexity index is 175. The predicted molar refractivity (Wildman–Crippen MR) is 62.7 cm³/mol. The Morgan fingerprint density at radius 1 is 1.27 bits per heavy atom. The van der Waals surface area contributed by atoms with Gasteiger partial charge in [0, 0.05) is 32.2 Å². The first kappa shape index (κ1) is 14.4. The van der Waals surface area contributed by atoms with E-state index in [1.807, 2.05) is 0 Å². The van der Waals surface area contributed by atoms with Crippen LogP contribution in [0, 0.1) is 11.3 Å². The summed E-state index contributed by atoms with van der Waals surface area (Å²) in [7, 11) is 0. The summed E-state index contributed by atoms with van der Waals surface area (Å²) < 4.78 is 5.51. The average Bonchev–Trinajstić information content (AvgIpc) is 2.21. The van der Waals surface area contributed by atoms with Gasteiger partial charge in [-0.3, -0.25) is 4.90 Å². The summed E-state index contributed by atoms with van der Waals surface area (Å²) in [6.45, 7) is 9.90. The molecule has 0 rings (SSSR count). The van der Waals surface area contributed by atoms with E-state index in [4.69, 9.17) is 10.00 Å². The molecule has 0 saturated carbocycles. The largest absolute Gasteiger partial charge is 0.380 e. The fourth-order valence-corrected chi connectivity index (χ4v) is 1.35. The van der Waals surface area contributed by atoms with Crippen LogP contribution in [0.1, 0.15) is 40.0 Å². The number of hydrogen-bond donors (Lipinski definition) is 0. The third-order valence-electron chi connectivity index (χ3n) is 2.41. The van der Waals surface area contributed by atoms with Crippen molar-refractivity contribution in [3.63, 3.8) is 0 Å². The molecule has 0 saturated heterocycles. The van der Waals surface area contributed by atoms with Gasteiger partial charge >= 0.3 is 0 Å². The zero-order chi connectivity index (χ0) is 11.5. The highest BCUT2D eigenvalue weighted by molar-refractivity contribution is 4.73. The second-order valence-corrected chi connectivity index (χ2v) is 4.00. The Hall–Kier alpha value is -0.590. The maximum absolute atomic E-state index is 8.53. The van der Waals surface area contributed by atoms with Crippen LogP contribution in [0.5, 0.6) is 0 Å². The molecule has 0 aromatic heterocycles. The molecular weight excluding hydrogens is 188 g/mol. The SMILES string of the molecule is CCCCOCCN(CCC#N)C(C)C. The molecule has 0 heterocycles.